The van der Waals surface area contributed by atoms with Crippen LogP contribution in [0.25, 0.3) is 0 Å². The Labute approximate surface area is 115 Å². The molecule has 5 atom stereocenters. The number of benzene rings is 1. The molecule has 7 nitrogen and oxygen atoms in total. The Morgan fingerprint density at radius 3 is 2.65 bits per heavy atom. The Balaban J connectivity index is 2.10. The summed E-state index contributed by atoms with van der Waals surface area (Å²) in [6.45, 7) is -0.503. The van der Waals surface area contributed by atoms with Crippen molar-refractivity contribution in [3.63, 3.8) is 0 Å². The summed E-state index contributed by atoms with van der Waals surface area (Å²) in [4.78, 5) is 0. The van der Waals surface area contributed by atoms with Gasteiger partial charge in [0.15, 0.2) is 0 Å². The molecule has 111 valence electrons. The molecule has 0 aliphatic carbocycles. The Morgan fingerprint density at radius 2 is 2.00 bits per heavy atom. The Kier molecular flexibility index (Phi) is 4.79. The van der Waals surface area contributed by atoms with Crippen molar-refractivity contribution in [1.82, 2.24) is 0 Å². The summed E-state index contributed by atoms with van der Waals surface area (Å²) in [5.41, 5.74) is 0. The standard InChI is InChI=1S/C13H17O7/c1-18-7-3-2-4-8(5-7)19-13-12(17)11(16)10(15)9(6-14)20-13/h2,4-5,9-17H,6H2,1H3/t9-,10-,11+,12-,13-/m1/s1. The van der Waals surface area contributed by atoms with E-state index in [1.54, 1.807) is 12.1 Å². The molecule has 2 rings (SSSR count). The zero-order valence-electron chi connectivity index (χ0n) is 10.8. The van der Waals surface area contributed by atoms with Gasteiger partial charge in [0.05, 0.1) is 13.7 Å². The molecular weight excluding hydrogens is 268 g/mol. The average Bonchev–Trinajstić information content (AvgIpc) is 2.48. The molecule has 0 bridgehead atoms. The monoisotopic (exact) mass is 285 g/mol. The van der Waals surface area contributed by atoms with E-state index in [0.29, 0.717) is 11.5 Å². The molecule has 1 aromatic rings. The molecule has 0 saturated carbocycles. The third-order valence-electron chi connectivity index (χ3n) is 3.07. The molecule has 7 heteroatoms. The molecule has 1 saturated heterocycles. The summed E-state index contributed by atoms with van der Waals surface area (Å²) >= 11 is 0. The van der Waals surface area contributed by atoms with Crippen molar-refractivity contribution < 1.29 is 34.6 Å². The predicted octanol–water partition coefficient (Wildman–Crippen LogP) is -1.33. The van der Waals surface area contributed by atoms with E-state index in [9.17, 15) is 15.3 Å². The smallest absolute Gasteiger partial charge is 0.229 e. The van der Waals surface area contributed by atoms with Gasteiger partial charge in [0.25, 0.3) is 0 Å². The fraction of sp³-hybridized carbons (Fsp3) is 0.538. The van der Waals surface area contributed by atoms with E-state index >= 15 is 0 Å². The fourth-order valence-electron chi connectivity index (χ4n) is 1.91. The second-order valence-electron chi connectivity index (χ2n) is 4.41. The maximum Gasteiger partial charge on any atom is 0.229 e. The zero-order valence-corrected chi connectivity index (χ0v) is 10.8. The lowest BCUT2D eigenvalue weighted by molar-refractivity contribution is -0.277. The van der Waals surface area contributed by atoms with Crippen LogP contribution >= 0.6 is 0 Å². The van der Waals surface area contributed by atoms with Crippen LogP contribution in [0.2, 0.25) is 0 Å². The molecule has 1 heterocycles. The molecule has 20 heavy (non-hydrogen) atoms. The molecule has 1 radical (unpaired) electrons. The topological polar surface area (TPSA) is 109 Å². The second-order valence-corrected chi connectivity index (χ2v) is 4.41. The van der Waals surface area contributed by atoms with E-state index in [4.69, 9.17) is 19.3 Å². The van der Waals surface area contributed by atoms with Gasteiger partial charge in [-0.3, -0.25) is 0 Å². The first-order valence-electron chi connectivity index (χ1n) is 6.09. The number of aliphatic hydroxyl groups is 4. The maximum absolute atomic E-state index is 9.83. The minimum atomic E-state index is -1.47. The van der Waals surface area contributed by atoms with Gasteiger partial charge in [0.1, 0.15) is 35.9 Å². The van der Waals surface area contributed by atoms with E-state index in [1.165, 1.54) is 13.2 Å². The van der Waals surface area contributed by atoms with Crippen molar-refractivity contribution in [2.24, 2.45) is 0 Å². The summed E-state index contributed by atoms with van der Waals surface area (Å²) in [6.07, 6.45) is -6.53. The van der Waals surface area contributed by atoms with Crippen molar-refractivity contribution in [3.8, 4) is 11.5 Å². The summed E-state index contributed by atoms with van der Waals surface area (Å²) in [6, 6.07) is 7.48. The number of methoxy groups -OCH3 is 1. The van der Waals surface area contributed by atoms with E-state index < -0.39 is 37.3 Å². The Hall–Kier alpha value is -1.38. The van der Waals surface area contributed by atoms with Gasteiger partial charge in [0, 0.05) is 12.1 Å². The van der Waals surface area contributed by atoms with Gasteiger partial charge < -0.3 is 34.6 Å². The van der Waals surface area contributed by atoms with Gasteiger partial charge in [-0.1, -0.05) is 0 Å². The van der Waals surface area contributed by atoms with E-state index in [2.05, 4.69) is 6.07 Å². The molecular formula is C13H17O7. The molecule has 1 aliphatic heterocycles. The molecule has 0 aromatic heterocycles. The highest BCUT2D eigenvalue weighted by atomic mass is 16.7. The van der Waals surface area contributed by atoms with Crippen molar-refractivity contribution in [3.05, 3.63) is 24.3 Å². The van der Waals surface area contributed by atoms with Crippen LogP contribution in [0.15, 0.2) is 18.2 Å². The van der Waals surface area contributed by atoms with Crippen LogP contribution in [0.1, 0.15) is 0 Å². The quantitative estimate of drug-likeness (QED) is 0.543. The van der Waals surface area contributed by atoms with Crippen LogP contribution in [-0.2, 0) is 4.74 Å². The normalized spacial score (nSPS) is 33.8. The number of ether oxygens (including phenoxy) is 3. The summed E-state index contributed by atoms with van der Waals surface area (Å²) in [5.74, 6) is 0.775. The summed E-state index contributed by atoms with van der Waals surface area (Å²) in [5, 5.41) is 38.2. The SMILES string of the molecule is COc1[c]ccc(O[C@@H]2O[C@H](CO)[C@@H](O)[C@H](O)[C@H]2O)c1. The molecule has 1 aromatic carbocycles. The molecule has 0 amide bonds. The van der Waals surface area contributed by atoms with Crippen molar-refractivity contribution in [1.29, 1.82) is 0 Å². The van der Waals surface area contributed by atoms with Gasteiger partial charge in [-0.2, -0.15) is 0 Å². The van der Waals surface area contributed by atoms with Gasteiger partial charge in [-0.15, -0.1) is 0 Å². The first kappa shape index (κ1) is 15.0. The maximum atomic E-state index is 9.83. The van der Waals surface area contributed by atoms with E-state index in [0.717, 1.165) is 0 Å². The van der Waals surface area contributed by atoms with Crippen molar-refractivity contribution >= 4 is 0 Å². The highest BCUT2D eigenvalue weighted by molar-refractivity contribution is 5.32. The average molecular weight is 285 g/mol. The highest BCUT2D eigenvalue weighted by Crippen LogP contribution is 2.26. The fourth-order valence-corrected chi connectivity index (χ4v) is 1.91. The number of aliphatic hydroxyl groups excluding tert-OH is 4. The lowest BCUT2D eigenvalue weighted by Gasteiger charge is -2.39. The third-order valence-corrected chi connectivity index (χ3v) is 3.07. The van der Waals surface area contributed by atoms with Crippen LogP contribution in [0.3, 0.4) is 0 Å². The highest BCUT2D eigenvalue weighted by Gasteiger charge is 2.44. The zero-order chi connectivity index (χ0) is 14.7. The van der Waals surface area contributed by atoms with Crippen LogP contribution < -0.4 is 9.47 Å². The van der Waals surface area contributed by atoms with Crippen molar-refractivity contribution in [2.75, 3.05) is 13.7 Å². The van der Waals surface area contributed by atoms with Crippen molar-refractivity contribution in [2.45, 2.75) is 30.7 Å². The molecule has 4 N–H and O–H groups in total. The Morgan fingerprint density at radius 1 is 1.25 bits per heavy atom. The van der Waals surface area contributed by atoms with Gasteiger partial charge in [-0.25, -0.2) is 0 Å². The Bertz CT molecular complexity index is 436. The third kappa shape index (κ3) is 3.02. The van der Waals surface area contributed by atoms with Crippen LogP contribution in [-0.4, -0.2) is 64.8 Å². The summed E-state index contributed by atoms with van der Waals surface area (Å²) in [7, 11) is 1.48. The van der Waals surface area contributed by atoms with Crippen LogP contribution in [0.5, 0.6) is 11.5 Å². The van der Waals surface area contributed by atoms with Crippen LogP contribution in [0.4, 0.5) is 0 Å². The van der Waals surface area contributed by atoms with Gasteiger partial charge in [0.2, 0.25) is 6.29 Å². The molecule has 0 unspecified atom stereocenters. The number of hydrogen-bond acceptors (Lipinski definition) is 7. The first-order chi connectivity index (χ1) is 9.56. The lowest BCUT2D eigenvalue weighted by atomic mass is 9.99. The second kappa shape index (κ2) is 6.38. The minimum Gasteiger partial charge on any atom is -0.496 e. The predicted molar refractivity (Wildman–Crippen MR) is 66.2 cm³/mol. The van der Waals surface area contributed by atoms with Crippen LogP contribution in [0, 0.1) is 6.07 Å². The largest absolute Gasteiger partial charge is 0.496 e. The molecule has 0 spiro atoms. The first-order valence-corrected chi connectivity index (χ1v) is 6.09. The summed E-state index contributed by atoms with van der Waals surface area (Å²) < 4.78 is 15.6. The van der Waals surface area contributed by atoms with Gasteiger partial charge in [-0.05, 0) is 12.1 Å². The molecule has 1 fully saturated rings. The lowest BCUT2D eigenvalue weighted by Crippen LogP contribution is -2.60. The van der Waals surface area contributed by atoms with E-state index in [-0.39, 0.29) is 0 Å². The minimum absolute atomic E-state index is 0.338. The molecule has 1 aliphatic rings. The van der Waals surface area contributed by atoms with Gasteiger partial charge >= 0.3 is 0 Å². The number of rotatable bonds is 4. The van der Waals surface area contributed by atoms with E-state index in [1.807, 2.05) is 0 Å². The number of hydrogen-bond donors (Lipinski definition) is 4.